The average molecular weight is 276 g/mol. The summed E-state index contributed by atoms with van der Waals surface area (Å²) in [5.74, 6) is 0.941. The molecule has 0 saturated heterocycles. The van der Waals surface area contributed by atoms with E-state index in [1.54, 1.807) is 16.8 Å². The number of hydrogen-bond acceptors (Lipinski definition) is 5. The van der Waals surface area contributed by atoms with E-state index in [2.05, 4.69) is 5.10 Å². The van der Waals surface area contributed by atoms with Gasteiger partial charge in [0.2, 0.25) is 0 Å². The number of methoxy groups -OCH3 is 1. The van der Waals surface area contributed by atoms with E-state index in [1.165, 1.54) is 13.2 Å². The second-order valence-corrected chi connectivity index (χ2v) is 4.47. The van der Waals surface area contributed by atoms with Gasteiger partial charge < -0.3 is 19.5 Å². The molecule has 106 valence electrons. The molecule has 20 heavy (non-hydrogen) atoms. The van der Waals surface area contributed by atoms with Crippen molar-refractivity contribution < 1.29 is 19.5 Å². The molecule has 0 bridgehead atoms. The zero-order chi connectivity index (χ0) is 14.7. The molecule has 1 aromatic carbocycles. The Hall–Kier alpha value is -1.99. The van der Waals surface area contributed by atoms with E-state index in [0.717, 1.165) is 11.4 Å². The van der Waals surface area contributed by atoms with Crippen molar-refractivity contribution in [3.8, 4) is 11.5 Å². The maximum atomic E-state index is 9.38. The summed E-state index contributed by atoms with van der Waals surface area (Å²) < 4.78 is 12.4. The lowest BCUT2D eigenvalue weighted by atomic mass is 9.79. The number of hydrogen-bond donors (Lipinski definition) is 2. The van der Waals surface area contributed by atoms with Crippen LogP contribution in [-0.4, -0.2) is 34.1 Å². The van der Waals surface area contributed by atoms with Gasteiger partial charge in [-0.15, -0.1) is 0 Å². The Balaban J connectivity index is 2.18. The lowest BCUT2D eigenvalue weighted by Crippen LogP contribution is -2.31. The summed E-state index contributed by atoms with van der Waals surface area (Å²) in [5, 5.41) is 23.0. The van der Waals surface area contributed by atoms with Crippen LogP contribution in [0.1, 0.15) is 11.4 Å². The lowest BCUT2D eigenvalue weighted by Gasteiger charge is -2.12. The quantitative estimate of drug-likeness (QED) is 0.751. The summed E-state index contributed by atoms with van der Waals surface area (Å²) in [7, 11) is 1.73. The lowest BCUT2D eigenvalue weighted by molar-refractivity contribution is 0.295. The average Bonchev–Trinajstić information content (AvgIpc) is 2.74. The number of ether oxygens (including phenoxy) is 2. The summed E-state index contributed by atoms with van der Waals surface area (Å²) in [4.78, 5) is 0. The molecule has 2 aromatic rings. The predicted molar refractivity (Wildman–Crippen MR) is 75.1 cm³/mol. The second kappa shape index (κ2) is 5.98. The van der Waals surface area contributed by atoms with Crippen molar-refractivity contribution in [1.82, 2.24) is 9.78 Å². The molecule has 6 nitrogen and oxygen atoms in total. The van der Waals surface area contributed by atoms with Crippen LogP contribution in [0.25, 0.3) is 0 Å². The first-order chi connectivity index (χ1) is 9.51. The van der Waals surface area contributed by atoms with E-state index in [1.807, 2.05) is 20.0 Å². The maximum Gasteiger partial charge on any atom is 0.492 e. The van der Waals surface area contributed by atoms with Gasteiger partial charge in [0.1, 0.15) is 18.1 Å². The molecule has 0 radical (unpaired) electrons. The monoisotopic (exact) mass is 276 g/mol. The van der Waals surface area contributed by atoms with E-state index in [4.69, 9.17) is 9.47 Å². The van der Waals surface area contributed by atoms with Crippen LogP contribution in [0, 0.1) is 6.92 Å². The number of benzene rings is 1. The van der Waals surface area contributed by atoms with Gasteiger partial charge in [0.25, 0.3) is 0 Å². The van der Waals surface area contributed by atoms with Crippen molar-refractivity contribution in [2.75, 3.05) is 7.11 Å². The maximum absolute atomic E-state index is 9.38. The zero-order valence-electron chi connectivity index (χ0n) is 11.7. The SMILES string of the molecule is COc1ccc(OCc2cc(C)nn2C)c(B(O)O)c1. The van der Waals surface area contributed by atoms with Gasteiger partial charge in [-0.3, -0.25) is 4.68 Å². The van der Waals surface area contributed by atoms with E-state index < -0.39 is 7.12 Å². The van der Waals surface area contributed by atoms with Crippen molar-refractivity contribution in [1.29, 1.82) is 0 Å². The van der Waals surface area contributed by atoms with Crippen molar-refractivity contribution in [2.45, 2.75) is 13.5 Å². The highest BCUT2D eigenvalue weighted by Gasteiger charge is 2.18. The molecule has 0 unspecified atom stereocenters. The molecule has 0 aliphatic heterocycles. The Morgan fingerprint density at radius 1 is 1.30 bits per heavy atom. The third kappa shape index (κ3) is 3.12. The molecule has 2 N–H and O–H groups in total. The zero-order valence-corrected chi connectivity index (χ0v) is 11.7. The summed E-state index contributed by atoms with van der Waals surface area (Å²) in [6, 6.07) is 6.81. The van der Waals surface area contributed by atoms with Crippen molar-refractivity contribution >= 4 is 12.6 Å². The summed E-state index contributed by atoms with van der Waals surface area (Å²) in [6.45, 7) is 2.20. The number of rotatable bonds is 5. The molecule has 1 aromatic heterocycles. The molecule has 1 heterocycles. The summed E-state index contributed by atoms with van der Waals surface area (Å²) in [5.41, 5.74) is 2.07. The summed E-state index contributed by atoms with van der Waals surface area (Å²) in [6.07, 6.45) is 0. The largest absolute Gasteiger partial charge is 0.497 e. The van der Waals surface area contributed by atoms with Crippen LogP contribution >= 0.6 is 0 Å². The van der Waals surface area contributed by atoms with Gasteiger partial charge in [-0.05, 0) is 31.2 Å². The number of aryl methyl sites for hydroxylation is 2. The first-order valence-corrected chi connectivity index (χ1v) is 6.17. The van der Waals surface area contributed by atoms with Crippen LogP contribution in [0.2, 0.25) is 0 Å². The summed E-state index contributed by atoms with van der Waals surface area (Å²) >= 11 is 0. The fourth-order valence-electron chi connectivity index (χ4n) is 1.94. The van der Waals surface area contributed by atoms with Gasteiger partial charge in [0.05, 0.1) is 18.5 Å². The molecule has 7 heteroatoms. The second-order valence-electron chi connectivity index (χ2n) is 4.47. The van der Waals surface area contributed by atoms with Gasteiger partial charge in [-0.25, -0.2) is 0 Å². The number of nitrogens with zero attached hydrogens (tertiary/aromatic N) is 2. The standard InChI is InChI=1S/C13H17BN2O4/c1-9-6-10(16(2)15-9)8-20-13-5-4-11(19-3)7-12(13)14(17)18/h4-7,17-18H,8H2,1-3H3. The van der Waals surface area contributed by atoms with Crippen LogP contribution < -0.4 is 14.9 Å². The van der Waals surface area contributed by atoms with E-state index in [9.17, 15) is 10.0 Å². The topological polar surface area (TPSA) is 76.7 Å². The van der Waals surface area contributed by atoms with Gasteiger partial charge in [-0.1, -0.05) is 0 Å². The number of aromatic nitrogens is 2. The third-order valence-corrected chi connectivity index (χ3v) is 2.97. The van der Waals surface area contributed by atoms with E-state index in [-0.39, 0.29) is 5.46 Å². The minimum Gasteiger partial charge on any atom is -0.497 e. The molecular formula is C13H17BN2O4. The minimum absolute atomic E-state index is 0.267. The fourth-order valence-corrected chi connectivity index (χ4v) is 1.94. The highest BCUT2D eigenvalue weighted by atomic mass is 16.5. The van der Waals surface area contributed by atoms with Crippen molar-refractivity contribution in [3.63, 3.8) is 0 Å². The minimum atomic E-state index is -1.62. The first kappa shape index (κ1) is 14.4. The van der Waals surface area contributed by atoms with Crippen LogP contribution in [0.15, 0.2) is 24.3 Å². The van der Waals surface area contributed by atoms with Crippen LogP contribution in [0.4, 0.5) is 0 Å². The molecule has 0 fully saturated rings. The van der Waals surface area contributed by atoms with Crippen molar-refractivity contribution in [3.05, 3.63) is 35.7 Å². The Morgan fingerprint density at radius 2 is 2.05 bits per heavy atom. The molecule has 2 rings (SSSR count). The molecule has 0 amide bonds. The Kier molecular flexibility index (Phi) is 4.31. The van der Waals surface area contributed by atoms with Gasteiger partial charge in [0.15, 0.2) is 0 Å². The Morgan fingerprint density at radius 3 is 2.60 bits per heavy atom. The highest BCUT2D eigenvalue weighted by Crippen LogP contribution is 2.17. The molecule has 0 aliphatic carbocycles. The van der Waals surface area contributed by atoms with Crippen LogP contribution in [0.5, 0.6) is 11.5 Å². The Labute approximate surface area is 117 Å². The van der Waals surface area contributed by atoms with Gasteiger partial charge >= 0.3 is 7.12 Å². The molecular weight excluding hydrogens is 259 g/mol. The first-order valence-electron chi connectivity index (χ1n) is 6.17. The Bertz CT molecular complexity index is 598. The predicted octanol–water partition coefficient (Wildman–Crippen LogP) is -0.00408. The normalized spacial score (nSPS) is 10.4. The van der Waals surface area contributed by atoms with Gasteiger partial charge in [0, 0.05) is 12.5 Å². The highest BCUT2D eigenvalue weighted by molar-refractivity contribution is 6.59. The smallest absolute Gasteiger partial charge is 0.492 e. The molecule has 0 spiro atoms. The van der Waals surface area contributed by atoms with Crippen LogP contribution in [-0.2, 0) is 13.7 Å². The van der Waals surface area contributed by atoms with Gasteiger partial charge in [-0.2, -0.15) is 5.10 Å². The molecule has 0 aliphatic rings. The fraction of sp³-hybridized carbons (Fsp3) is 0.308. The van der Waals surface area contributed by atoms with E-state index in [0.29, 0.717) is 18.1 Å². The molecule has 0 saturated carbocycles. The van der Waals surface area contributed by atoms with E-state index >= 15 is 0 Å². The third-order valence-electron chi connectivity index (χ3n) is 2.97. The van der Waals surface area contributed by atoms with Crippen molar-refractivity contribution in [2.24, 2.45) is 7.05 Å². The molecule has 0 atom stereocenters. The van der Waals surface area contributed by atoms with Crippen LogP contribution in [0.3, 0.4) is 0 Å².